The number of anilines is 1. The number of hydrogen-bond donors (Lipinski definition) is 3. The van der Waals surface area contributed by atoms with Gasteiger partial charge in [-0.15, -0.1) is 0 Å². The molecule has 0 aliphatic carbocycles. The molecule has 6 heteroatoms. The fourth-order valence-corrected chi connectivity index (χ4v) is 3.01. The maximum absolute atomic E-state index is 12.2. The number of amides is 3. The number of benzene rings is 2. The van der Waals surface area contributed by atoms with Gasteiger partial charge in [0.1, 0.15) is 0 Å². The summed E-state index contributed by atoms with van der Waals surface area (Å²) in [4.78, 5) is 35.0. The fourth-order valence-electron chi connectivity index (χ4n) is 3.01. The molecule has 134 valence electrons. The van der Waals surface area contributed by atoms with Gasteiger partial charge in [0, 0.05) is 24.6 Å². The molecule has 26 heavy (non-hydrogen) atoms. The molecule has 2 aromatic rings. The third-order valence-corrected chi connectivity index (χ3v) is 4.42. The van der Waals surface area contributed by atoms with Gasteiger partial charge in [0.25, 0.3) is 0 Å². The lowest BCUT2D eigenvalue weighted by atomic mass is 9.98. The molecule has 3 amide bonds. The largest absolute Gasteiger partial charge is 0.326 e. The molecule has 3 rings (SSSR count). The van der Waals surface area contributed by atoms with E-state index >= 15 is 0 Å². The van der Waals surface area contributed by atoms with Crippen molar-refractivity contribution >= 4 is 23.4 Å². The number of carbonyl (C=O) groups is 3. The minimum Gasteiger partial charge on any atom is -0.326 e. The lowest BCUT2D eigenvalue weighted by molar-refractivity contribution is -0.125. The average molecular weight is 351 g/mol. The zero-order valence-electron chi connectivity index (χ0n) is 14.3. The Morgan fingerprint density at radius 1 is 1.12 bits per heavy atom. The molecule has 2 aromatic carbocycles. The molecule has 0 bridgehead atoms. The summed E-state index contributed by atoms with van der Waals surface area (Å²) in [6, 6.07) is 16.4. The van der Waals surface area contributed by atoms with Gasteiger partial charge >= 0.3 is 0 Å². The van der Waals surface area contributed by atoms with Gasteiger partial charge in [-0.1, -0.05) is 42.5 Å². The van der Waals surface area contributed by atoms with Crippen LogP contribution in [0.5, 0.6) is 0 Å². The van der Waals surface area contributed by atoms with Gasteiger partial charge in [0.05, 0.1) is 5.92 Å². The highest BCUT2D eigenvalue weighted by Crippen LogP contribution is 2.20. The summed E-state index contributed by atoms with van der Waals surface area (Å²) in [6.07, 6.45) is 0.926. The molecule has 2 unspecified atom stereocenters. The zero-order chi connectivity index (χ0) is 18.5. The van der Waals surface area contributed by atoms with Crippen molar-refractivity contribution in [2.75, 3.05) is 5.32 Å². The van der Waals surface area contributed by atoms with E-state index in [1.165, 1.54) is 0 Å². The van der Waals surface area contributed by atoms with E-state index in [0.717, 1.165) is 11.1 Å². The fraction of sp³-hybridized carbons (Fsp3) is 0.250. The molecular formula is C20H21N3O3. The van der Waals surface area contributed by atoms with E-state index in [-0.39, 0.29) is 42.5 Å². The van der Waals surface area contributed by atoms with E-state index < -0.39 is 0 Å². The Morgan fingerprint density at radius 2 is 1.81 bits per heavy atom. The molecule has 2 atom stereocenters. The zero-order valence-corrected chi connectivity index (χ0v) is 14.3. The SMILES string of the molecule is NC(CC(=O)Nc1ccc(CC2CC(=O)NC2=O)cc1)c1ccccc1. The normalized spacial score (nSPS) is 17.7. The van der Waals surface area contributed by atoms with Gasteiger partial charge in [0.15, 0.2) is 0 Å². The Morgan fingerprint density at radius 3 is 2.42 bits per heavy atom. The van der Waals surface area contributed by atoms with Gasteiger partial charge in [-0.05, 0) is 29.7 Å². The molecule has 1 saturated heterocycles. The molecule has 0 saturated carbocycles. The summed E-state index contributed by atoms with van der Waals surface area (Å²) >= 11 is 0. The Kier molecular flexibility index (Phi) is 5.43. The van der Waals surface area contributed by atoms with Gasteiger partial charge in [-0.25, -0.2) is 0 Å². The van der Waals surface area contributed by atoms with Crippen LogP contribution in [-0.2, 0) is 20.8 Å². The number of rotatable bonds is 6. The summed E-state index contributed by atoms with van der Waals surface area (Å²) in [5.41, 5.74) is 8.60. The Bertz CT molecular complexity index is 803. The first-order valence-electron chi connectivity index (χ1n) is 8.54. The number of imide groups is 1. The maximum atomic E-state index is 12.2. The van der Waals surface area contributed by atoms with Crippen LogP contribution in [-0.4, -0.2) is 17.7 Å². The molecule has 1 aliphatic heterocycles. The van der Waals surface area contributed by atoms with Crippen LogP contribution >= 0.6 is 0 Å². The van der Waals surface area contributed by atoms with Crippen molar-refractivity contribution in [1.82, 2.24) is 5.32 Å². The first-order chi connectivity index (χ1) is 12.5. The summed E-state index contributed by atoms with van der Waals surface area (Å²) in [6.45, 7) is 0. The van der Waals surface area contributed by atoms with Crippen molar-refractivity contribution in [2.24, 2.45) is 11.7 Å². The van der Waals surface area contributed by atoms with E-state index in [4.69, 9.17) is 5.73 Å². The van der Waals surface area contributed by atoms with Crippen LogP contribution in [0.25, 0.3) is 0 Å². The molecule has 6 nitrogen and oxygen atoms in total. The van der Waals surface area contributed by atoms with Gasteiger partial charge in [0.2, 0.25) is 17.7 Å². The summed E-state index contributed by atoms with van der Waals surface area (Å²) in [7, 11) is 0. The van der Waals surface area contributed by atoms with Gasteiger partial charge in [-0.3, -0.25) is 19.7 Å². The molecule has 0 aromatic heterocycles. The van der Waals surface area contributed by atoms with Crippen LogP contribution in [0.1, 0.15) is 30.0 Å². The standard InChI is InChI=1S/C20H21N3O3/c21-17(14-4-2-1-3-5-14)12-19(25)22-16-8-6-13(7-9-16)10-15-11-18(24)23-20(15)26/h1-9,15,17H,10-12,21H2,(H,22,25)(H,23,24,26). The summed E-state index contributed by atoms with van der Waals surface area (Å²) in [5, 5.41) is 5.14. The second-order valence-electron chi connectivity index (χ2n) is 6.48. The van der Waals surface area contributed by atoms with Crippen LogP contribution in [0.3, 0.4) is 0 Å². The minimum atomic E-state index is -0.353. The van der Waals surface area contributed by atoms with Gasteiger partial charge < -0.3 is 11.1 Å². The Labute approximate surface area is 151 Å². The smallest absolute Gasteiger partial charge is 0.230 e. The molecule has 0 spiro atoms. The highest BCUT2D eigenvalue weighted by Gasteiger charge is 2.30. The van der Waals surface area contributed by atoms with Crippen molar-refractivity contribution in [3.8, 4) is 0 Å². The molecule has 0 radical (unpaired) electrons. The number of carbonyl (C=O) groups excluding carboxylic acids is 3. The van der Waals surface area contributed by atoms with E-state index in [0.29, 0.717) is 12.1 Å². The maximum Gasteiger partial charge on any atom is 0.230 e. The number of hydrogen-bond acceptors (Lipinski definition) is 4. The molecule has 1 heterocycles. The quantitative estimate of drug-likeness (QED) is 0.692. The molecule has 1 aliphatic rings. The third-order valence-electron chi connectivity index (χ3n) is 4.42. The van der Waals surface area contributed by atoms with Gasteiger partial charge in [-0.2, -0.15) is 0 Å². The number of nitrogens with one attached hydrogen (secondary N) is 2. The lowest BCUT2D eigenvalue weighted by Gasteiger charge is -2.12. The van der Waals surface area contributed by atoms with Crippen LogP contribution < -0.4 is 16.4 Å². The van der Waals surface area contributed by atoms with Crippen LogP contribution in [0.15, 0.2) is 54.6 Å². The van der Waals surface area contributed by atoms with E-state index in [1.807, 2.05) is 42.5 Å². The van der Waals surface area contributed by atoms with E-state index in [9.17, 15) is 14.4 Å². The van der Waals surface area contributed by atoms with E-state index in [2.05, 4.69) is 10.6 Å². The summed E-state index contributed by atoms with van der Waals surface area (Å²) < 4.78 is 0. The third kappa shape index (κ3) is 4.55. The van der Waals surface area contributed by atoms with Crippen LogP contribution in [0.2, 0.25) is 0 Å². The summed E-state index contributed by atoms with van der Waals surface area (Å²) in [5.74, 6) is -0.914. The highest BCUT2D eigenvalue weighted by atomic mass is 16.2. The lowest BCUT2D eigenvalue weighted by Crippen LogP contribution is -2.22. The van der Waals surface area contributed by atoms with E-state index in [1.54, 1.807) is 12.1 Å². The minimum absolute atomic E-state index is 0.158. The van der Waals surface area contributed by atoms with Crippen molar-refractivity contribution in [2.45, 2.75) is 25.3 Å². The monoisotopic (exact) mass is 351 g/mol. The first kappa shape index (κ1) is 17.8. The second-order valence-corrected chi connectivity index (χ2v) is 6.48. The second kappa shape index (κ2) is 7.93. The molecular weight excluding hydrogens is 330 g/mol. The highest BCUT2D eigenvalue weighted by molar-refractivity contribution is 6.03. The van der Waals surface area contributed by atoms with Crippen molar-refractivity contribution in [1.29, 1.82) is 0 Å². The Balaban J connectivity index is 1.53. The predicted molar refractivity (Wildman–Crippen MR) is 98.0 cm³/mol. The van der Waals surface area contributed by atoms with Crippen LogP contribution in [0, 0.1) is 5.92 Å². The van der Waals surface area contributed by atoms with Crippen molar-refractivity contribution in [3.05, 3.63) is 65.7 Å². The average Bonchev–Trinajstić information content (AvgIpc) is 2.94. The first-order valence-corrected chi connectivity index (χ1v) is 8.54. The molecule has 4 N–H and O–H groups in total. The number of nitrogens with two attached hydrogens (primary N) is 1. The van der Waals surface area contributed by atoms with Crippen molar-refractivity contribution < 1.29 is 14.4 Å². The Hall–Kier alpha value is -2.99. The topological polar surface area (TPSA) is 101 Å². The molecule has 1 fully saturated rings. The van der Waals surface area contributed by atoms with Crippen LogP contribution in [0.4, 0.5) is 5.69 Å². The predicted octanol–water partition coefficient (Wildman–Crippen LogP) is 1.92. The van der Waals surface area contributed by atoms with Crippen molar-refractivity contribution in [3.63, 3.8) is 0 Å².